The smallest absolute Gasteiger partial charge is 0.298 e. The lowest BCUT2D eigenvalue weighted by Crippen LogP contribution is -2.48. The van der Waals surface area contributed by atoms with Crippen LogP contribution in [0.15, 0.2) is 51.8 Å². The highest BCUT2D eigenvalue weighted by atomic mass is 32.2. The van der Waals surface area contributed by atoms with Crippen LogP contribution in [0.3, 0.4) is 0 Å². The van der Waals surface area contributed by atoms with Crippen molar-refractivity contribution in [3.05, 3.63) is 42.5 Å². The van der Waals surface area contributed by atoms with Crippen molar-refractivity contribution in [2.24, 2.45) is 0 Å². The van der Waals surface area contributed by atoms with Gasteiger partial charge in [-0.3, -0.25) is 0 Å². The molecular formula is C19H19N3O5S. The average Bonchev–Trinajstić information content (AvgIpc) is 3.18. The molecule has 28 heavy (non-hydrogen) atoms. The van der Waals surface area contributed by atoms with Crippen LogP contribution in [0, 0.1) is 0 Å². The van der Waals surface area contributed by atoms with Crippen LogP contribution in [-0.4, -0.2) is 57.1 Å². The van der Waals surface area contributed by atoms with E-state index in [1.807, 2.05) is 29.2 Å². The number of nitrogens with zero attached hydrogens (tertiary/aromatic N) is 3. The maximum absolute atomic E-state index is 13.0. The Morgan fingerprint density at radius 3 is 2.43 bits per heavy atom. The van der Waals surface area contributed by atoms with Crippen LogP contribution in [0.5, 0.6) is 11.5 Å². The summed E-state index contributed by atoms with van der Waals surface area (Å²) in [5.41, 5.74) is 1.52. The van der Waals surface area contributed by atoms with Crippen molar-refractivity contribution in [2.45, 2.75) is 4.90 Å². The van der Waals surface area contributed by atoms with E-state index in [-0.39, 0.29) is 4.90 Å². The summed E-state index contributed by atoms with van der Waals surface area (Å²) in [6.45, 7) is 2.62. The first-order chi connectivity index (χ1) is 13.6. The average molecular weight is 401 g/mol. The van der Waals surface area contributed by atoms with Crippen molar-refractivity contribution in [1.82, 2.24) is 9.29 Å². The molecule has 0 amide bonds. The second-order valence-corrected chi connectivity index (χ2v) is 8.60. The van der Waals surface area contributed by atoms with E-state index >= 15 is 0 Å². The quantitative estimate of drug-likeness (QED) is 0.664. The summed E-state index contributed by atoms with van der Waals surface area (Å²) in [5, 5.41) is 0. The van der Waals surface area contributed by atoms with Crippen molar-refractivity contribution in [3.8, 4) is 11.5 Å². The van der Waals surface area contributed by atoms with E-state index in [1.165, 1.54) is 10.4 Å². The number of para-hydroxylation sites is 2. The van der Waals surface area contributed by atoms with Crippen molar-refractivity contribution in [2.75, 3.05) is 44.3 Å². The standard InChI is InChI=1S/C19H19N3O5S/c23-28(24,14-5-6-17-18(13-14)26-12-11-25-17)22-9-7-21(8-10-22)19-20-15-3-1-2-4-16(15)27-19/h1-6,13H,7-12H2. The molecule has 2 aliphatic heterocycles. The SMILES string of the molecule is O=S(=O)(c1ccc2c(c1)OCCO2)N1CCN(c2nc3ccccc3o2)CC1. The summed E-state index contributed by atoms with van der Waals surface area (Å²) < 4.78 is 44.3. The first-order valence-electron chi connectivity index (χ1n) is 9.11. The molecule has 0 saturated carbocycles. The van der Waals surface area contributed by atoms with Gasteiger partial charge in [-0.15, -0.1) is 0 Å². The highest BCUT2D eigenvalue weighted by Crippen LogP contribution is 2.33. The summed E-state index contributed by atoms with van der Waals surface area (Å²) in [5.74, 6) is 1.04. The lowest BCUT2D eigenvalue weighted by Gasteiger charge is -2.33. The summed E-state index contributed by atoms with van der Waals surface area (Å²) in [4.78, 5) is 6.67. The zero-order valence-corrected chi connectivity index (χ0v) is 15.9. The Labute approximate surface area is 162 Å². The van der Waals surface area contributed by atoms with Gasteiger partial charge < -0.3 is 18.8 Å². The van der Waals surface area contributed by atoms with Crippen LogP contribution in [0.1, 0.15) is 0 Å². The number of ether oxygens (including phenoxy) is 2. The fourth-order valence-electron chi connectivity index (χ4n) is 3.45. The molecule has 9 heteroatoms. The first-order valence-corrected chi connectivity index (χ1v) is 10.6. The fourth-order valence-corrected chi connectivity index (χ4v) is 4.89. The molecular weight excluding hydrogens is 382 g/mol. The van der Waals surface area contributed by atoms with Gasteiger partial charge in [-0.25, -0.2) is 8.42 Å². The maximum atomic E-state index is 13.0. The van der Waals surface area contributed by atoms with E-state index in [2.05, 4.69) is 4.98 Å². The number of anilines is 1. The second-order valence-electron chi connectivity index (χ2n) is 6.66. The predicted molar refractivity (Wildman–Crippen MR) is 102 cm³/mol. The topological polar surface area (TPSA) is 85.1 Å². The monoisotopic (exact) mass is 401 g/mol. The zero-order chi connectivity index (χ0) is 19.1. The Kier molecular flexibility index (Phi) is 4.13. The lowest BCUT2D eigenvalue weighted by atomic mass is 10.3. The lowest BCUT2D eigenvalue weighted by molar-refractivity contribution is 0.171. The third-order valence-electron chi connectivity index (χ3n) is 4.94. The summed E-state index contributed by atoms with van der Waals surface area (Å²) in [7, 11) is -3.61. The Morgan fingerprint density at radius 2 is 1.64 bits per heavy atom. The summed E-state index contributed by atoms with van der Waals surface area (Å²) >= 11 is 0. The van der Waals surface area contributed by atoms with Crippen LogP contribution < -0.4 is 14.4 Å². The Bertz CT molecular complexity index is 1090. The van der Waals surface area contributed by atoms with Crippen molar-refractivity contribution >= 4 is 27.1 Å². The van der Waals surface area contributed by atoms with Gasteiger partial charge in [0.25, 0.3) is 6.01 Å². The van der Waals surface area contributed by atoms with Crippen LogP contribution in [0.4, 0.5) is 6.01 Å². The molecule has 2 aliphatic rings. The number of piperazine rings is 1. The van der Waals surface area contributed by atoms with Gasteiger partial charge in [0.15, 0.2) is 17.1 Å². The largest absolute Gasteiger partial charge is 0.486 e. The molecule has 0 spiro atoms. The molecule has 3 heterocycles. The van der Waals surface area contributed by atoms with E-state index in [1.54, 1.807) is 12.1 Å². The molecule has 0 N–H and O–H groups in total. The number of aromatic nitrogens is 1. The third-order valence-corrected chi connectivity index (χ3v) is 6.84. The summed E-state index contributed by atoms with van der Waals surface area (Å²) in [6.07, 6.45) is 0. The second kappa shape index (κ2) is 6.68. The molecule has 1 saturated heterocycles. The molecule has 1 aromatic heterocycles. The van der Waals surface area contributed by atoms with Gasteiger partial charge in [0.2, 0.25) is 10.0 Å². The van der Waals surface area contributed by atoms with Gasteiger partial charge >= 0.3 is 0 Å². The van der Waals surface area contributed by atoms with E-state index < -0.39 is 10.0 Å². The van der Waals surface area contributed by atoms with Gasteiger partial charge in [0.1, 0.15) is 18.7 Å². The predicted octanol–water partition coefficient (Wildman–Crippen LogP) is 2.11. The fraction of sp³-hybridized carbons (Fsp3) is 0.316. The van der Waals surface area contributed by atoms with Crippen LogP contribution >= 0.6 is 0 Å². The molecule has 8 nitrogen and oxygen atoms in total. The molecule has 1 fully saturated rings. The van der Waals surface area contributed by atoms with Crippen LogP contribution in [0.2, 0.25) is 0 Å². The van der Waals surface area contributed by atoms with Crippen molar-refractivity contribution < 1.29 is 22.3 Å². The van der Waals surface area contributed by atoms with E-state index in [0.717, 1.165) is 11.1 Å². The van der Waals surface area contributed by atoms with E-state index in [4.69, 9.17) is 13.9 Å². The molecule has 0 radical (unpaired) electrons. The minimum Gasteiger partial charge on any atom is -0.486 e. The number of hydrogen-bond donors (Lipinski definition) is 0. The molecule has 3 aromatic rings. The van der Waals surface area contributed by atoms with Crippen molar-refractivity contribution in [3.63, 3.8) is 0 Å². The number of benzene rings is 2. The van der Waals surface area contributed by atoms with Crippen LogP contribution in [-0.2, 0) is 10.0 Å². The highest BCUT2D eigenvalue weighted by Gasteiger charge is 2.31. The molecule has 5 rings (SSSR count). The Morgan fingerprint density at radius 1 is 0.893 bits per heavy atom. The van der Waals surface area contributed by atoms with Crippen molar-refractivity contribution in [1.29, 1.82) is 0 Å². The molecule has 146 valence electrons. The number of oxazole rings is 1. The highest BCUT2D eigenvalue weighted by molar-refractivity contribution is 7.89. The first kappa shape index (κ1) is 17.3. The molecule has 0 unspecified atom stereocenters. The third kappa shape index (κ3) is 2.96. The Balaban J connectivity index is 1.33. The molecule has 2 aromatic carbocycles. The number of rotatable bonds is 3. The minimum absolute atomic E-state index is 0.215. The van der Waals surface area contributed by atoms with Gasteiger partial charge in [0.05, 0.1) is 4.90 Å². The normalized spacial score (nSPS) is 17.8. The molecule has 0 bridgehead atoms. The zero-order valence-electron chi connectivity index (χ0n) is 15.1. The van der Waals surface area contributed by atoms with Gasteiger partial charge in [-0.2, -0.15) is 9.29 Å². The van der Waals surface area contributed by atoms with Gasteiger partial charge in [-0.1, -0.05) is 12.1 Å². The summed E-state index contributed by atoms with van der Waals surface area (Å²) in [6, 6.07) is 12.8. The number of sulfonamides is 1. The molecule has 0 aliphatic carbocycles. The van der Waals surface area contributed by atoms with E-state index in [0.29, 0.717) is 56.9 Å². The maximum Gasteiger partial charge on any atom is 0.298 e. The van der Waals surface area contributed by atoms with Crippen LogP contribution in [0.25, 0.3) is 11.1 Å². The number of fused-ring (bicyclic) bond motifs is 2. The minimum atomic E-state index is -3.61. The van der Waals surface area contributed by atoms with Gasteiger partial charge in [-0.05, 0) is 24.3 Å². The van der Waals surface area contributed by atoms with E-state index in [9.17, 15) is 8.42 Å². The molecule has 0 atom stereocenters. The van der Waals surface area contributed by atoms with Gasteiger partial charge in [0, 0.05) is 32.2 Å². The number of hydrogen-bond acceptors (Lipinski definition) is 7. The Hall–Kier alpha value is -2.78.